The molecule has 6 rings (SSSR count). The average Bonchev–Trinajstić information content (AvgIpc) is 3.47. The van der Waals surface area contributed by atoms with E-state index in [1.807, 2.05) is 4.90 Å². The molecule has 3 aromatic rings. The third kappa shape index (κ3) is 5.34. The molecule has 0 spiro atoms. The second-order valence-electron chi connectivity index (χ2n) is 11.3. The van der Waals surface area contributed by atoms with E-state index in [1.54, 1.807) is 13.8 Å². The van der Waals surface area contributed by atoms with Gasteiger partial charge in [0.15, 0.2) is 0 Å². The molecule has 1 aliphatic carbocycles. The Kier molecular flexibility index (Phi) is 7.76. The average molecular weight is 569 g/mol. The minimum atomic E-state index is -2.89. The van der Waals surface area contributed by atoms with Crippen molar-refractivity contribution in [2.75, 3.05) is 38.2 Å². The van der Waals surface area contributed by atoms with Crippen molar-refractivity contribution < 1.29 is 27.4 Å². The number of rotatable bonds is 6. The fourth-order valence-electron chi connectivity index (χ4n) is 6.57. The molecule has 0 bridgehead atoms. The van der Waals surface area contributed by atoms with Gasteiger partial charge >= 0.3 is 0 Å². The number of carbonyl (C=O) groups is 1. The lowest BCUT2D eigenvalue weighted by molar-refractivity contribution is -0.140. The number of nitrogens with one attached hydrogen (secondary N) is 1. The highest BCUT2D eigenvalue weighted by Crippen LogP contribution is 2.46. The fraction of sp³-hybridized carbons (Fsp3) is 0.516. The molecule has 0 radical (unpaired) electrons. The van der Waals surface area contributed by atoms with Crippen molar-refractivity contribution in [3.8, 4) is 5.75 Å². The standard InChI is InChI=1S/C31H35F3N4O3/c1-17(21-4-3-5-22(26(21)32)29(33)34)35-30-25-16-24(28-23(10-13-41-28)27(25)36-18(2)37-30)19-6-8-20(9-7-19)31(39)38-11-14-40-15-12-38/h3-5,16-17,19-20,29H,6-15H2,1-2H3,(H,35,36,37)/t17-,19-,20+/m1/s1. The quantitative estimate of drug-likeness (QED) is 0.379. The van der Waals surface area contributed by atoms with Gasteiger partial charge in [-0.25, -0.2) is 23.1 Å². The number of hydrogen-bond acceptors (Lipinski definition) is 6. The maximum atomic E-state index is 15.0. The van der Waals surface area contributed by atoms with Crippen LogP contribution in [0.3, 0.4) is 0 Å². The molecule has 2 aliphatic heterocycles. The van der Waals surface area contributed by atoms with Gasteiger partial charge in [-0.2, -0.15) is 0 Å². The molecule has 218 valence electrons. The van der Waals surface area contributed by atoms with Gasteiger partial charge in [-0.05, 0) is 57.1 Å². The van der Waals surface area contributed by atoms with Crippen LogP contribution in [0.5, 0.6) is 5.75 Å². The number of nitrogens with zero attached hydrogens (tertiary/aromatic N) is 3. The number of fused-ring (bicyclic) bond motifs is 3. The van der Waals surface area contributed by atoms with E-state index >= 15 is 0 Å². The minimum Gasteiger partial charge on any atom is -0.493 e. The Hall–Kier alpha value is -3.40. The second-order valence-corrected chi connectivity index (χ2v) is 11.3. The second kappa shape index (κ2) is 11.5. The van der Waals surface area contributed by atoms with E-state index in [4.69, 9.17) is 14.5 Å². The number of anilines is 1. The number of aryl methyl sites for hydroxylation is 1. The molecular weight excluding hydrogens is 533 g/mol. The van der Waals surface area contributed by atoms with Crippen LogP contribution in [-0.2, 0) is 16.0 Å². The largest absolute Gasteiger partial charge is 0.493 e. The number of aromatic nitrogens is 2. The molecule has 1 aromatic heterocycles. The molecule has 1 saturated heterocycles. The van der Waals surface area contributed by atoms with Gasteiger partial charge in [0, 0.05) is 41.9 Å². The molecule has 41 heavy (non-hydrogen) atoms. The number of alkyl halides is 2. The lowest BCUT2D eigenvalue weighted by atomic mass is 9.77. The molecule has 1 N–H and O–H groups in total. The normalized spacial score (nSPS) is 21.6. The zero-order valence-corrected chi connectivity index (χ0v) is 23.4. The van der Waals surface area contributed by atoms with E-state index in [9.17, 15) is 18.0 Å². The summed E-state index contributed by atoms with van der Waals surface area (Å²) in [5.41, 5.74) is 2.47. The number of amides is 1. The van der Waals surface area contributed by atoms with Crippen molar-refractivity contribution in [1.29, 1.82) is 0 Å². The molecule has 1 amide bonds. The first kappa shape index (κ1) is 27.8. The van der Waals surface area contributed by atoms with Gasteiger partial charge in [-0.3, -0.25) is 4.79 Å². The first-order chi connectivity index (χ1) is 19.8. The van der Waals surface area contributed by atoms with E-state index in [1.165, 1.54) is 12.1 Å². The summed E-state index contributed by atoms with van der Waals surface area (Å²) in [6.07, 6.45) is 1.22. The SMILES string of the molecule is Cc1nc(N[C@H](C)c2cccc(C(F)F)c2F)c2cc([C@H]3CC[C@@H](C(=O)N4CCOCC4)CC3)c3c(c2n1)CCO3. The number of halogens is 3. The van der Waals surface area contributed by atoms with Crippen LogP contribution in [0, 0.1) is 18.7 Å². The van der Waals surface area contributed by atoms with Gasteiger partial charge < -0.3 is 19.7 Å². The number of benzene rings is 2. The summed E-state index contributed by atoms with van der Waals surface area (Å²) >= 11 is 0. The van der Waals surface area contributed by atoms with Crippen LogP contribution in [0.2, 0.25) is 0 Å². The molecule has 7 nitrogen and oxygen atoms in total. The summed E-state index contributed by atoms with van der Waals surface area (Å²) in [7, 11) is 0. The van der Waals surface area contributed by atoms with Gasteiger partial charge in [-0.1, -0.05) is 18.2 Å². The molecule has 2 fully saturated rings. The van der Waals surface area contributed by atoms with E-state index in [-0.39, 0.29) is 23.3 Å². The van der Waals surface area contributed by atoms with Crippen molar-refractivity contribution in [2.45, 2.75) is 64.3 Å². The predicted molar refractivity (Wildman–Crippen MR) is 149 cm³/mol. The topological polar surface area (TPSA) is 76.6 Å². The first-order valence-electron chi connectivity index (χ1n) is 14.5. The molecule has 2 aromatic carbocycles. The Bertz CT molecular complexity index is 1450. The molecule has 0 unspecified atom stereocenters. The number of hydrogen-bond donors (Lipinski definition) is 1. The zero-order chi connectivity index (χ0) is 28.7. The Balaban J connectivity index is 1.30. The summed E-state index contributed by atoms with van der Waals surface area (Å²) in [5.74, 6) is 1.56. The van der Waals surface area contributed by atoms with Crippen molar-refractivity contribution in [1.82, 2.24) is 14.9 Å². The van der Waals surface area contributed by atoms with Crippen LogP contribution in [-0.4, -0.2) is 53.7 Å². The van der Waals surface area contributed by atoms with Crippen LogP contribution in [0.1, 0.15) is 79.1 Å². The summed E-state index contributed by atoms with van der Waals surface area (Å²) in [5, 5.41) is 4.10. The van der Waals surface area contributed by atoms with E-state index in [0.717, 1.165) is 65.9 Å². The van der Waals surface area contributed by atoms with E-state index in [2.05, 4.69) is 16.4 Å². The third-order valence-electron chi connectivity index (χ3n) is 8.73. The number of morpholine rings is 1. The Morgan fingerprint density at radius 3 is 2.54 bits per heavy atom. The lowest BCUT2D eigenvalue weighted by Gasteiger charge is -2.34. The molecule has 1 saturated carbocycles. The van der Waals surface area contributed by atoms with E-state index in [0.29, 0.717) is 44.6 Å². The van der Waals surface area contributed by atoms with Crippen molar-refractivity contribution in [2.24, 2.45) is 5.92 Å². The highest BCUT2D eigenvalue weighted by Gasteiger charge is 2.34. The van der Waals surface area contributed by atoms with Gasteiger partial charge in [0.25, 0.3) is 6.43 Å². The maximum absolute atomic E-state index is 15.0. The van der Waals surface area contributed by atoms with Crippen LogP contribution < -0.4 is 10.1 Å². The molecule has 10 heteroatoms. The minimum absolute atomic E-state index is 0.0294. The van der Waals surface area contributed by atoms with Crippen LogP contribution in [0.25, 0.3) is 10.9 Å². The smallest absolute Gasteiger partial charge is 0.266 e. The maximum Gasteiger partial charge on any atom is 0.266 e. The number of ether oxygens (including phenoxy) is 2. The summed E-state index contributed by atoms with van der Waals surface area (Å²) in [4.78, 5) is 24.4. The van der Waals surface area contributed by atoms with Gasteiger partial charge in [-0.15, -0.1) is 0 Å². The van der Waals surface area contributed by atoms with Crippen LogP contribution >= 0.6 is 0 Å². The molecule has 3 aliphatic rings. The Morgan fingerprint density at radius 2 is 1.80 bits per heavy atom. The van der Waals surface area contributed by atoms with Gasteiger partial charge in [0.05, 0.1) is 36.9 Å². The number of carbonyl (C=O) groups excluding carboxylic acids is 1. The predicted octanol–water partition coefficient (Wildman–Crippen LogP) is 6.26. The summed E-state index contributed by atoms with van der Waals surface area (Å²) in [6.45, 7) is 6.63. The van der Waals surface area contributed by atoms with E-state index < -0.39 is 23.8 Å². The van der Waals surface area contributed by atoms with Crippen molar-refractivity contribution >= 4 is 22.6 Å². The third-order valence-corrected chi connectivity index (χ3v) is 8.73. The van der Waals surface area contributed by atoms with Crippen LogP contribution in [0.4, 0.5) is 19.0 Å². The van der Waals surface area contributed by atoms with Crippen LogP contribution in [0.15, 0.2) is 24.3 Å². The Labute approximate surface area is 237 Å². The summed E-state index contributed by atoms with van der Waals surface area (Å²) < 4.78 is 53.2. The monoisotopic (exact) mass is 568 g/mol. The van der Waals surface area contributed by atoms with Crippen molar-refractivity contribution in [3.63, 3.8) is 0 Å². The first-order valence-corrected chi connectivity index (χ1v) is 14.5. The molecular formula is C31H35F3N4O3. The molecule has 1 atom stereocenters. The highest BCUT2D eigenvalue weighted by molar-refractivity contribution is 5.94. The Morgan fingerprint density at radius 1 is 1.07 bits per heavy atom. The lowest BCUT2D eigenvalue weighted by Crippen LogP contribution is -2.44. The van der Waals surface area contributed by atoms with Gasteiger partial charge in [0.1, 0.15) is 23.2 Å². The zero-order valence-electron chi connectivity index (χ0n) is 23.4. The van der Waals surface area contributed by atoms with Gasteiger partial charge in [0.2, 0.25) is 5.91 Å². The summed E-state index contributed by atoms with van der Waals surface area (Å²) in [6, 6.07) is 5.54. The fourth-order valence-corrected chi connectivity index (χ4v) is 6.57. The van der Waals surface area contributed by atoms with Crippen molar-refractivity contribution in [3.05, 3.63) is 58.2 Å². The molecule has 3 heterocycles. The highest BCUT2D eigenvalue weighted by atomic mass is 19.3.